The van der Waals surface area contributed by atoms with Gasteiger partial charge in [-0.25, -0.2) is 9.98 Å². The molecule has 2 nitrogen and oxygen atoms in total. The summed E-state index contributed by atoms with van der Waals surface area (Å²) in [5.41, 5.74) is 0. The van der Waals surface area contributed by atoms with E-state index in [2.05, 4.69) is 9.98 Å². The van der Waals surface area contributed by atoms with Crippen molar-refractivity contribution >= 4 is 45.8 Å². The van der Waals surface area contributed by atoms with E-state index in [0.717, 1.165) is 6.07 Å². The standard InChI is InChI=1S/C7H2Cl3F3N2/c8-3-1-4(9)14-5(2-3)15-6(10)7(11,12)13/h1-2H. The monoisotopic (exact) mass is 276 g/mol. The van der Waals surface area contributed by atoms with E-state index in [1.165, 1.54) is 6.07 Å². The van der Waals surface area contributed by atoms with Gasteiger partial charge in [0, 0.05) is 11.1 Å². The summed E-state index contributed by atoms with van der Waals surface area (Å²) in [5, 5.41) is -1.47. The molecule has 0 radical (unpaired) electrons. The Kier molecular flexibility index (Phi) is 3.81. The van der Waals surface area contributed by atoms with E-state index < -0.39 is 11.3 Å². The molecule has 0 saturated carbocycles. The third-order valence-electron chi connectivity index (χ3n) is 1.19. The molecule has 0 unspecified atom stereocenters. The number of aliphatic imine (C=N–C) groups is 1. The zero-order valence-electron chi connectivity index (χ0n) is 6.82. The summed E-state index contributed by atoms with van der Waals surface area (Å²) in [6, 6.07) is 2.38. The number of halogens is 6. The predicted molar refractivity (Wildman–Crippen MR) is 53.3 cm³/mol. The van der Waals surface area contributed by atoms with Crippen molar-refractivity contribution in [1.29, 1.82) is 0 Å². The van der Waals surface area contributed by atoms with Gasteiger partial charge in [-0.1, -0.05) is 34.8 Å². The molecule has 0 spiro atoms. The van der Waals surface area contributed by atoms with Crippen molar-refractivity contribution < 1.29 is 13.2 Å². The van der Waals surface area contributed by atoms with Crippen LogP contribution in [-0.2, 0) is 0 Å². The van der Waals surface area contributed by atoms with E-state index in [1.54, 1.807) is 0 Å². The molecule has 82 valence electrons. The van der Waals surface area contributed by atoms with Crippen molar-refractivity contribution in [3.05, 3.63) is 22.3 Å². The Morgan fingerprint density at radius 2 is 1.87 bits per heavy atom. The van der Waals surface area contributed by atoms with Gasteiger partial charge in [0.25, 0.3) is 0 Å². The minimum absolute atomic E-state index is 0.0621. The van der Waals surface area contributed by atoms with Gasteiger partial charge in [-0.2, -0.15) is 13.2 Å². The van der Waals surface area contributed by atoms with Crippen molar-refractivity contribution in [3.8, 4) is 0 Å². The van der Waals surface area contributed by atoms with Gasteiger partial charge in [-0.05, 0) is 6.07 Å². The van der Waals surface area contributed by atoms with Gasteiger partial charge in [0.05, 0.1) is 0 Å². The van der Waals surface area contributed by atoms with Gasteiger partial charge in [0.15, 0.2) is 5.82 Å². The van der Waals surface area contributed by atoms with Crippen LogP contribution in [0.25, 0.3) is 0 Å². The maximum atomic E-state index is 12.0. The van der Waals surface area contributed by atoms with Crippen molar-refractivity contribution in [2.24, 2.45) is 4.99 Å². The second-order valence-corrected chi connectivity index (χ2v) is 3.55. The lowest BCUT2D eigenvalue weighted by molar-refractivity contribution is -0.0558. The van der Waals surface area contributed by atoms with Crippen LogP contribution in [0.2, 0.25) is 10.2 Å². The van der Waals surface area contributed by atoms with Crippen molar-refractivity contribution in [3.63, 3.8) is 0 Å². The van der Waals surface area contributed by atoms with Gasteiger partial charge in [0.1, 0.15) is 5.15 Å². The van der Waals surface area contributed by atoms with Crippen LogP contribution in [-0.4, -0.2) is 16.3 Å². The smallest absolute Gasteiger partial charge is 0.217 e. The maximum absolute atomic E-state index is 12.0. The molecule has 15 heavy (non-hydrogen) atoms. The Bertz CT molecular complexity index is 383. The second-order valence-electron chi connectivity index (χ2n) is 2.37. The summed E-state index contributed by atoms with van der Waals surface area (Å²) in [6.07, 6.45) is -4.71. The van der Waals surface area contributed by atoms with E-state index in [4.69, 9.17) is 34.8 Å². The highest BCUT2D eigenvalue weighted by atomic mass is 35.5. The molecule has 1 aromatic heterocycles. The van der Waals surface area contributed by atoms with Crippen LogP contribution in [0.15, 0.2) is 17.1 Å². The van der Waals surface area contributed by atoms with Gasteiger partial charge in [-0.15, -0.1) is 0 Å². The van der Waals surface area contributed by atoms with E-state index in [0.29, 0.717) is 0 Å². The molecule has 0 saturated heterocycles. The van der Waals surface area contributed by atoms with E-state index in [9.17, 15) is 13.2 Å². The molecule has 0 aliphatic heterocycles. The van der Waals surface area contributed by atoms with Gasteiger partial charge in [-0.3, -0.25) is 0 Å². The first kappa shape index (κ1) is 12.5. The molecular weight excluding hydrogens is 275 g/mol. The van der Waals surface area contributed by atoms with Crippen LogP contribution in [0.5, 0.6) is 0 Å². The lowest BCUT2D eigenvalue weighted by atomic mass is 10.4. The average Bonchev–Trinajstić information content (AvgIpc) is 1.99. The molecule has 0 bridgehead atoms. The Morgan fingerprint density at radius 1 is 1.27 bits per heavy atom. The minimum atomic E-state index is -4.71. The van der Waals surface area contributed by atoms with Crippen LogP contribution in [0.1, 0.15) is 0 Å². The first-order chi connectivity index (χ1) is 6.79. The predicted octanol–water partition coefficient (Wildman–Crippen LogP) is 4.22. The average molecular weight is 277 g/mol. The topological polar surface area (TPSA) is 25.2 Å². The Morgan fingerprint density at radius 3 is 2.33 bits per heavy atom. The normalized spacial score (nSPS) is 13.1. The molecule has 8 heteroatoms. The summed E-state index contributed by atoms with van der Waals surface area (Å²) in [6.45, 7) is 0. The zero-order valence-corrected chi connectivity index (χ0v) is 9.08. The van der Waals surface area contributed by atoms with E-state index in [1.807, 2.05) is 0 Å². The summed E-state index contributed by atoms with van der Waals surface area (Å²) in [7, 11) is 0. The Balaban J connectivity index is 3.08. The molecule has 0 N–H and O–H groups in total. The number of hydrogen-bond donors (Lipinski definition) is 0. The molecule has 1 rings (SSSR count). The number of nitrogens with zero attached hydrogens (tertiary/aromatic N) is 2. The van der Waals surface area contributed by atoms with Crippen molar-refractivity contribution in [1.82, 2.24) is 4.98 Å². The molecule has 0 aliphatic rings. The summed E-state index contributed by atoms with van der Waals surface area (Å²) in [4.78, 5) is 6.53. The van der Waals surface area contributed by atoms with Crippen molar-refractivity contribution in [2.45, 2.75) is 6.18 Å². The fourth-order valence-corrected chi connectivity index (χ4v) is 1.22. The summed E-state index contributed by atoms with van der Waals surface area (Å²) in [5.74, 6) is -0.296. The fourth-order valence-electron chi connectivity index (χ4n) is 0.674. The molecule has 0 aromatic carbocycles. The first-order valence-corrected chi connectivity index (χ1v) is 4.57. The van der Waals surface area contributed by atoms with Gasteiger partial charge >= 0.3 is 6.18 Å². The van der Waals surface area contributed by atoms with Crippen LogP contribution < -0.4 is 0 Å². The number of alkyl halides is 3. The highest BCUT2D eigenvalue weighted by Crippen LogP contribution is 2.25. The van der Waals surface area contributed by atoms with E-state index in [-0.39, 0.29) is 16.0 Å². The molecular formula is C7H2Cl3F3N2. The van der Waals surface area contributed by atoms with Crippen molar-refractivity contribution in [2.75, 3.05) is 0 Å². The van der Waals surface area contributed by atoms with E-state index >= 15 is 0 Å². The van der Waals surface area contributed by atoms with Crippen LogP contribution in [0.3, 0.4) is 0 Å². The highest BCUT2D eigenvalue weighted by molar-refractivity contribution is 6.67. The number of hydrogen-bond acceptors (Lipinski definition) is 2. The quantitative estimate of drug-likeness (QED) is 0.557. The number of aromatic nitrogens is 1. The summed E-state index contributed by atoms with van der Waals surface area (Å²) < 4.78 is 35.9. The highest BCUT2D eigenvalue weighted by Gasteiger charge is 2.34. The molecule has 1 aromatic rings. The largest absolute Gasteiger partial charge is 0.444 e. The van der Waals surface area contributed by atoms with Gasteiger partial charge < -0.3 is 0 Å². The van der Waals surface area contributed by atoms with Crippen LogP contribution in [0, 0.1) is 0 Å². The lowest BCUT2D eigenvalue weighted by Crippen LogP contribution is -2.16. The molecule has 1 heterocycles. The number of pyridine rings is 1. The zero-order chi connectivity index (χ0) is 11.6. The Hall–Kier alpha value is -0.520. The maximum Gasteiger partial charge on any atom is 0.444 e. The third kappa shape index (κ3) is 3.85. The Labute approximate surface area is 97.7 Å². The molecule has 0 fully saturated rings. The van der Waals surface area contributed by atoms with Crippen LogP contribution >= 0.6 is 34.8 Å². The van der Waals surface area contributed by atoms with Gasteiger partial charge in [0.2, 0.25) is 5.17 Å². The number of rotatable bonds is 1. The molecule has 0 amide bonds. The summed E-state index contributed by atoms with van der Waals surface area (Å²) >= 11 is 15.9. The molecule has 0 aliphatic carbocycles. The molecule has 0 atom stereocenters. The van der Waals surface area contributed by atoms with Crippen LogP contribution in [0.4, 0.5) is 19.0 Å². The second kappa shape index (κ2) is 4.55. The minimum Gasteiger partial charge on any atom is -0.217 e. The SMILES string of the molecule is FC(F)(F)C(Cl)=Nc1cc(Cl)cc(Cl)n1. The lowest BCUT2D eigenvalue weighted by Gasteiger charge is -2.02. The first-order valence-electron chi connectivity index (χ1n) is 3.43. The fraction of sp³-hybridized carbons (Fsp3) is 0.143. The third-order valence-corrected chi connectivity index (χ3v) is 1.90.